The minimum absolute atomic E-state index is 0.0234. The van der Waals surface area contributed by atoms with Gasteiger partial charge in [0.15, 0.2) is 16.3 Å². The number of thiazole rings is 1. The molecule has 102 valence electrons. The number of rotatable bonds is 3. The van der Waals surface area contributed by atoms with Crippen LogP contribution in [0.5, 0.6) is 0 Å². The Hall–Kier alpha value is -3.17. The molecule has 0 atom stereocenters. The Balaban J connectivity index is 1.72. The van der Waals surface area contributed by atoms with E-state index in [-0.39, 0.29) is 29.7 Å². The Morgan fingerprint density at radius 1 is 1.43 bits per heavy atom. The van der Waals surface area contributed by atoms with Crippen molar-refractivity contribution in [1.82, 2.24) is 19.4 Å². The van der Waals surface area contributed by atoms with Crippen molar-refractivity contribution in [2.75, 3.05) is 5.32 Å². The maximum Gasteiger partial charge on any atom is 0.232 e. The number of anilines is 1. The summed E-state index contributed by atoms with van der Waals surface area (Å²) >= 11 is 1.48. The summed E-state index contributed by atoms with van der Waals surface area (Å²) in [6, 6.07) is 3.57. The number of fused-ring (bicyclic) bond motifs is 1. The zero-order valence-corrected chi connectivity index (χ0v) is 11.3. The smallest absolute Gasteiger partial charge is 0.232 e. The number of nitriles is 2. The third-order valence-electron chi connectivity index (χ3n) is 2.66. The number of carbonyl (C=O) groups excluding carboxylic acids is 1. The average Bonchev–Trinajstić information content (AvgIpc) is 3.12. The number of hydrogen-bond donors (Lipinski definition) is 2. The maximum atomic E-state index is 11.9. The van der Waals surface area contributed by atoms with Crippen LogP contribution in [0, 0.1) is 22.7 Å². The van der Waals surface area contributed by atoms with Gasteiger partial charge in [-0.1, -0.05) is 0 Å². The molecule has 0 bridgehead atoms. The highest BCUT2D eigenvalue weighted by Crippen LogP contribution is 2.12. The zero-order chi connectivity index (χ0) is 14.8. The van der Waals surface area contributed by atoms with E-state index in [0.29, 0.717) is 5.69 Å². The fourth-order valence-electron chi connectivity index (χ4n) is 1.80. The highest BCUT2D eigenvalue weighted by molar-refractivity contribution is 7.15. The molecular formula is C12H7N7OS. The molecule has 0 aliphatic heterocycles. The van der Waals surface area contributed by atoms with Crippen LogP contribution in [0.4, 0.5) is 5.95 Å². The van der Waals surface area contributed by atoms with Crippen molar-refractivity contribution in [2.24, 2.45) is 0 Å². The van der Waals surface area contributed by atoms with Gasteiger partial charge in [0.2, 0.25) is 11.9 Å². The van der Waals surface area contributed by atoms with Gasteiger partial charge in [-0.2, -0.15) is 10.5 Å². The van der Waals surface area contributed by atoms with Crippen molar-refractivity contribution in [3.63, 3.8) is 0 Å². The van der Waals surface area contributed by atoms with E-state index in [0.717, 1.165) is 4.96 Å². The predicted octanol–water partition coefficient (Wildman–Crippen LogP) is 1.04. The number of carbonyl (C=O) groups is 1. The predicted molar refractivity (Wildman–Crippen MR) is 73.4 cm³/mol. The molecule has 8 nitrogen and oxygen atoms in total. The number of aromatic amines is 1. The van der Waals surface area contributed by atoms with Crippen LogP contribution >= 0.6 is 11.3 Å². The highest BCUT2D eigenvalue weighted by Gasteiger charge is 2.13. The van der Waals surface area contributed by atoms with Gasteiger partial charge < -0.3 is 4.98 Å². The van der Waals surface area contributed by atoms with Gasteiger partial charge in [-0.25, -0.2) is 9.97 Å². The van der Waals surface area contributed by atoms with Gasteiger partial charge in [0, 0.05) is 17.8 Å². The summed E-state index contributed by atoms with van der Waals surface area (Å²) in [6.45, 7) is 0. The molecule has 0 saturated heterocycles. The largest absolute Gasteiger partial charge is 0.314 e. The first-order chi connectivity index (χ1) is 10.2. The van der Waals surface area contributed by atoms with E-state index in [1.807, 2.05) is 16.0 Å². The summed E-state index contributed by atoms with van der Waals surface area (Å²) in [5, 5.41) is 22.0. The van der Waals surface area contributed by atoms with Gasteiger partial charge in [0.1, 0.15) is 12.1 Å². The van der Waals surface area contributed by atoms with Crippen molar-refractivity contribution in [2.45, 2.75) is 6.42 Å². The van der Waals surface area contributed by atoms with Crippen LogP contribution in [0.2, 0.25) is 0 Å². The molecule has 9 heteroatoms. The fraction of sp³-hybridized carbons (Fsp3) is 0.0833. The summed E-state index contributed by atoms with van der Waals surface area (Å²) < 4.78 is 1.84. The first-order valence-corrected chi connectivity index (χ1v) is 6.68. The van der Waals surface area contributed by atoms with E-state index < -0.39 is 0 Å². The van der Waals surface area contributed by atoms with Gasteiger partial charge in [-0.3, -0.25) is 14.5 Å². The first kappa shape index (κ1) is 12.8. The average molecular weight is 297 g/mol. The minimum atomic E-state index is -0.330. The quantitative estimate of drug-likeness (QED) is 0.747. The number of amides is 1. The Kier molecular flexibility index (Phi) is 3.10. The molecule has 3 heterocycles. The van der Waals surface area contributed by atoms with E-state index in [4.69, 9.17) is 10.5 Å². The number of nitrogens with one attached hydrogen (secondary N) is 2. The van der Waals surface area contributed by atoms with Gasteiger partial charge >= 0.3 is 0 Å². The van der Waals surface area contributed by atoms with Crippen LogP contribution in [0.15, 0.2) is 17.8 Å². The third-order valence-corrected chi connectivity index (χ3v) is 3.43. The van der Waals surface area contributed by atoms with E-state index in [1.54, 1.807) is 18.3 Å². The van der Waals surface area contributed by atoms with E-state index in [1.165, 1.54) is 11.3 Å². The molecule has 3 aromatic rings. The molecule has 0 saturated carbocycles. The summed E-state index contributed by atoms with van der Waals surface area (Å²) in [5.41, 5.74) is 0.609. The highest BCUT2D eigenvalue weighted by atomic mass is 32.1. The second-order valence-electron chi connectivity index (χ2n) is 4.08. The van der Waals surface area contributed by atoms with Crippen LogP contribution in [0.1, 0.15) is 17.1 Å². The Morgan fingerprint density at radius 3 is 2.95 bits per heavy atom. The van der Waals surface area contributed by atoms with Gasteiger partial charge in [-0.05, 0) is 0 Å². The van der Waals surface area contributed by atoms with Crippen molar-refractivity contribution < 1.29 is 4.79 Å². The SMILES string of the molecule is N#Cc1nc(NC(=O)Cc2cn3ccsc3n2)[nH]c1C#N. The molecule has 21 heavy (non-hydrogen) atoms. The van der Waals surface area contributed by atoms with Crippen LogP contribution in [0.3, 0.4) is 0 Å². The van der Waals surface area contributed by atoms with Crippen molar-refractivity contribution >= 4 is 28.2 Å². The van der Waals surface area contributed by atoms with Crippen molar-refractivity contribution in [1.29, 1.82) is 10.5 Å². The monoisotopic (exact) mass is 297 g/mol. The van der Waals surface area contributed by atoms with E-state index >= 15 is 0 Å². The van der Waals surface area contributed by atoms with E-state index in [2.05, 4.69) is 20.3 Å². The van der Waals surface area contributed by atoms with Crippen molar-refractivity contribution in [3.8, 4) is 12.1 Å². The van der Waals surface area contributed by atoms with Crippen LogP contribution < -0.4 is 5.32 Å². The molecule has 0 radical (unpaired) electrons. The normalized spacial score (nSPS) is 10.2. The minimum Gasteiger partial charge on any atom is -0.314 e. The molecule has 0 aromatic carbocycles. The van der Waals surface area contributed by atoms with Crippen LogP contribution in [-0.4, -0.2) is 25.3 Å². The summed E-state index contributed by atoms with van der Waals surface area (Å²) in [4.78, 5) is 23.4. The number of hydrogen-bond acceptors (Lipinski definition) is 6. The topological polar surface area (TPSA) is 123 Å². The lowest BCUT2D eigenvalue weighted by Crippen LogP contribution is -2.15. The van der Waals surface area contributed by atoms with E-state index in [9.17, 15) is 4.79 Å². The maximum absolute atomic E-state index is 11.9. The molecule has 2 N–H and O–H groups in total. The Bertz CT molecular complexity index is 844. The molecule has 1 amide bonds. The second kappa shape index (κ2) is 5.07. The number of aromatic nitrogens is 4. The number of nitrogens with zero attached hydrogens (tertiary/aromatic N) is 5. The van der Waals surface area contributed by atoms with Gasteiger partial charge in [0.05, 0.1) is 12.1 Å². The molecule has 3 aromatic heterocycles. The summed E-state index contributed by atoms with van der Waals surface area (Å²) in [6.07, 6.45) is 3.72. The van der Waals surface area contributed by atoms with Crippen molar-refractivity contribution in [3.05, 3.63) is 34.9 Å². The van der Waals surface area contributed by atoms with Crippen LogP contribution in [0.25, 0.3) is 4.96 Å². The zero-order valence-electron chi connectivity index (χ0n) is 10.5. The molecule has 0 aliphatic rings. The second-order valence-corrected chi connectivity index (χ2v) is 4.96. The van der Waals surface area contributed by atoms with Gasteiger partial charge in [-0.15, -0.1) is 11.3 Å². The number of imidazole rings is 2. The fourth-order valence-corrected chi connectivity index (χ4v) is 2.52. The summed E-state index contributed by atoms with van der Waals surface area (Å²) in [7, 11) is 0. The molecule has 0 unspecified atom stereocenters. The Morgan fingerprint density at radius 2 is 2.29 bits per heavy atom. The lowest BCUT2D eigenvalue weighted by atomic mass is 10.3. The third kappa shape index (κ3) is 2.45. The lowest BCUT2D eigenvalue weighted by molar-refractivity contribution is -0.115. The summed E-state index contributed by atoms with van der Waals surface area (Å²) in [5.74, 6) is -0.252. The molecule has 3 rings (SSSR count). The molecule has 0 fully saturated rings. The van der Waals surface area contributed by atoms with Crippen LogP contribution in [-0.2, 0) is 11.2 Å². The molecule has 0 spiro atoms. The molecule has 0 aliphatic carbocycles. The first-order valence-electron chi connectivity index (χ1n) is 5.80. The molecular weight excluding hydrogens is 290 g/mol. The van der Waals surface area contributed by atoms with Gasteiger partial charge in [0.25, 0.3) is 0 Å². The Labute approximate surface area is 122 Å². The number of H-pyrrole nitrogens is 1. The lowest BCUT2D eigenvalue weighted by Gasteiger charge is -1.98. The standard InChI is InChI=1S/C12H7N7OS/c13-4-8-9(5-14)17-11(16-8)18-10(20)3-7-6-19-1-2-21-12(19)15-7/h1-2,6H,3H2,(H2,16,17,18,20).